The van der Waals surface area contributed by atoms with Crippen molar-refractivity contribution in [2.75, 3.05) is 11.5 Å². The maximum atomic E-state index is 5.83. The van der Waals surface area contributed by atoms with E-state index >= 15 is 0 Å². The Hall–Kier alpha value is -3.52. The monoisotopic (exact) mass is 490 g/mol. The summed E-state index contributed by atoms with van der Waals surface area (Å²) in [4.78, 5) is 0. The van der Waals surface area contributed by atoms with Crippen LogP contribution >= 0.6 is 0 Å². The van der Waals surface area contributed by atoms with Crippen LogP contribution in [-0.2, 0) is 12.8 Å². The van der Waals surface area contributed by atoms with Gasteiger partial charge in [0.15, 0.2) is 0 Å². The highest BCUT2D eigenvalue weighted by Crippen LogP contribution is 2.26. The van der Waals surface area contributed by atoms with E-state index in [-0.39, 0.29) is 0 Å². The summed E-state index contributed by atoms with van der Waals surface area (Å²) < 4.78 is 0. The van der Waals surface area contributed by atoms with E-state index in [4.69, 9.17) is 11.5 Å². The van der Waals surface area contributed by atoms with Crippen LogP contribution in [0.2, 0.25) is 0 Å². The molecule has 0 spiro atoms. The molecule has 0 fully saturated rings. The van der Waals surface area contributed by atoms with Crippen molar-refractivity contribution in [3.05, 3.63) is 130 Å². The lowest BCUT2D eigenvalue weighted by atomic mass is 9.91. The highest BCUT2D eigenvalue weighted by atomic mass is 14.5. The summed E-state index contributed by atoms with van der Waals surface area (Å²) >= 11 is 0. The topological polar surface area (TPSA) is 52.0 Å². The lowest BCUT2D eigenvalue weighted by Gasteiger charge is -2.13. The van der Waals surface area contributed by atoms with Crippen molar-refractivity contribution >= 4 is 11.4 Å². The van der Waals surface area contributed by atoms with Crippen molar-refractivity contribution < 1.29 is 0 Å². The van der Waals surface area contributed by atoms with Crippen molar-refractivity contribution in [1.82, 2.24) is 0 Å². The molecule has 0 saturated carbocycles. The van der Waals surface area contributed by atoms with Gasteiger partial charge < -0.3 is 11.5 Å². The van der Waals surface area contributed by atoms with E-state index in [9.17, 15) is 0 Å². The number of nitrogens with two attached hydrogens (primary N) is 2. The molecule has 4 aromatic rings. The number of rotatable bonds is 12. The Labute approximate surface area is 223 Å². The Morgan fingerprint density at radius 3 is 1.00 bits per heavy atom. The van der Waals surface area contributed by atoms with Crippen LogP contribution in [0.1, 0.15) is 91.2 Å². The van der Waals surface area contributed by atoms with Gasteiger partial charge >= 0.3 is 0 Å². The zero-order valence-corrected chi connectivity index (χ0v) is 22.5. The molecule has 0 aliphatic carbocycles. The van der Waals surface area contributed by atoms with Crippen molar-refractivity contribution in [2.24, 2.45) is 0 Å². The summed E-state index contributed by atoms with van der Waals surface area (Å²) in [7, 11) is 0. The summed E-state index contributed by atoms with van der Waals surface area (Å²) in [6.07, 6.45) is 8.81. The smallest absolute Gasteiger partial charge is 0.0314 e. The first-order chi connectivity index (χ1) is 18.0. The number of unbranched alkanes of at least 4 members (excludes halogenated alkanes) is 4. The van der Waals surface area contributed by atoms with Crippen molar-refractivity contribution in [3.8, 4) is 0 Å². The molecule has 4 aromatic carbocycles. The summed E-state index contributed by atoms with van der Waals surface area (Å²) in [6.45, 7) is 4.52. The third-order valence-electron chi connectivity index (χ3n) is 7.76. The normalized spacial score (nSPS) is 12.8. The second-order valence-electron chi connectivity index (χ2n) is 10.5. The number of benzene rings is 4. The number of hydrogen-bond donors (Lipinski definition) is 2. The highest BCUT2D eigenvalue weighted by molar-refractivity contribution is 5.43. The van der Waals surface area contributed by atoms with Crippen LogP contribution in [0.15, 0.2) is 97.1 Å². The first kappa shape index (κ1) is 26.5. The van der Waals surface area contributed by atoms with E-state index in [1.54, 1.807) is 0 Å². The molecule has 4 rings (SSSR count). The van der Waals surface area contributed by atoms with Crippen LogP contribution in [0.5, 0.6) is 0 Å². The third-order valence-corrected chi connectivity index (χ3v) is 7.76. The molecule has 0 aliphatic heterocycles. The second kappa shape index (κ2) is 13.1. The molecule has 0 aliphatic rings. The Bertz CT molecular complexity index is 1110. The van der Waals surface area contributed by atoms with Gasteiger partial charge in [0.2, 0.25) is 0 Å². The van der Waals surface area contributed by atoms with E-state index < -0.39 is 0 Å². The first-order valence-electron chi connectivity index (χ1n) is 13.9. The molecule has 2 nitrogen and oxygen atoms in total. The van der Waals surface area contributed by atoms with Gasteiger partial charge in [0.25, 0.3) is 0 Å². The third kappa shape index (κ3) is 7.73. The zero-order chi connectivity index (χ0) is 26.0. The van der Waals surface area contributed by atoms with Gasteiger partial charge in [0.1, 0.15) is 0 Å². The molecule has 0 heterocycles. The van der Waals surface area contributed by atoms with E-state index in [2.05, 4.69) is 86.6 Å². The van der Waals surface area contributed by atoms with E-state index in [0.29, 0.717) is 11.8 Å². The Kier molecular flexibility index (Phi) is 9.43. The van der Waals surface area contributed by atoms with E-state index in [0.717, 1.165) is 11.4 Å². The molecule has 0 amide bonds. The number of nitrogen functional groups attached to an aromatic ring is 2. The summed E-state index contributed by atoms with van der Waals surface area (Å²) in [6, 6.07) is 34.9. The fourth-order valence-electron chi connectivity index (χ4n) is 5.09. The SMILES string of the molecule is CC(c1ccc(N)cc1)c1ccc(CCCCCCCc2ccc(C(C)c3ccc(N)cc3)cc2)cc1. The summed E-state index contributed by atoms with van der Waals surface area (Å²) in [5, 5.41) is 0. The van der Waals surface area contributed by atoms with Crippen LogP contribution in [0.3, 0.4) is 0 Å². The lowest BCUT2D eigenvalue weighted by molar-refractivity contribution is 0.613. The van der Waals surface area contributed by atoms with Gasteiger partial charge in [-0.1, -0.05) is 106 Å². The minimum atomic E-state index is 0.387. The molecule has 192 valence electrons. The predicted molar refractivity (Wildman–Crippen MR) is 160 cm³/mol. The van der Waals surface area contributed by atoms with E-state index in [1.807, 2.05) is 24.3 Å². The Morgan fingerprint density at radius 2 is 0.676 bits per heavy atom. The van der Waals surface area contributed by atoms with Crippen molar-refractivity contribution in [3.63, 3.8) is 0 Å². The van der Waals surface area contributed by atoms with Gasteiger partial charge in [-0.15, -0.1) is 0 Å². The summed E-state index contributed by atoms with van der Waals surface area (Å²) in [5.74, 6) is 0.774. The molecule has 37 heavy (non-hydrogen) atoms. The highest BCUT2D eigenvalue weighted by Gasteiger charge is 2.09. The van der Waals surface area contributed by atoms with Gasteiger partial charge in [-0.2, -0.15) is 0 Å². The molecule has 2 atom stereocenters. The number of aryl methyl sites for hydroxylation is 2. The van der Waals surface area contributed by atoms with Crippen molar-refractivity contribution in [1.29, 1.82) is 0 Å². The quantitative estimate of drug-likeness (QED) is 0.154. The van der Waals surface area contributed by atoms with Gasteiger partial charge in [-0.3, -0.25) is 0 Å². The first-order valence-corrected chi connectivity index (χ1v) is 13.9. The number of hydrogen-bond acceptors (Lipinski definition) is 2. The number of anilines is 2. The second-order valence-corrected chi connectivity index (χ2v) is 10.5. The van der Waals surface area contributed by atoms with Crippen LogP contribution in [0, 0.1) is 0 Å². The Balaban J connectivity index is 1.12. The van der Waals surface area contributed by atoms with Crippen LogP contribution in [0.25, 0.3) is 0 Å². The molecular formula is C35H42N2. The largest absolute Gasteiger partial charge is 0.399 e. The molecule has 0 radical (unpaired) electrons. The maximum Gasteiger partial charge on any atom is 0.0314 e. The predicted octanol–water partition coefficient (Wildman–Crippen LogP) is 8.89. The van der Waals surface area contributed by atoms with Gasteiger partial charge in [0.05, 0.1) is 0 Å². The minimum Gasteiger partial charge on any atom is -0.399 e. The van der Waals surface area contributed by atoms with Crippen LogP contribution < -0.4 is 11.5 Å². The molecule has 0 saturated heterocycles. The van der Waals surface area contributed by atoms with Crippen molar-refractivity contribution in [2.45, 2.75) is 70.6 Å². The molecule has 2 heteroatoms. The zero-order valence-electron chi connectivity index (χ0n) is 22.5. The van der Waals surface area contributed by atoms with Gasteiger partial charge in [-0.25, -0.2) is 0 Å². The van der Waals surface area contributed by atoms with Gasteiger partial charge in [0, 0.05) is 23.2 Å². The lowest BCUT2D eigenvalue weighted by Crippen LogP contribution is -1.97. The average molecular weight is 491 g/mol. The maximum absolute atomic E-state index is 5.83. The summed E-state index contributed by atoms with van der Waals surface area (Å²) in [5.41, 5.74) is 21.5. The molecule has 2 unspecified atom stereocenters. The van der Waals surface area contributed by atoms with Crippen LogP contribution in [0.4, 0.5) is 11.4 Å². The van der Waals surface area contributed by atoms with Gasteiger partial charge in [-0.05, 0) is 83.3 Å². The minimum absolute atomic E-state index is 0.387. The standard InChI is InChI=1S/C35H42N2/c1-26(32-18-22-34(36)23-19-32)30-14-10-28(11-15-30)8-6-4-3-5-7-9-29-12-16-31(17-13-29)27(2)33-20-24-35(37)25-21-33/h10-27H,3-9,36-37H2,1-2H3. The Morgan fingerprint density at radius 1 is 0.405 bits per heavy atom. The average Bonchev–Trinajstić information content (AvgIpc) is 2.93. The fourth-order valence-corrected chi connectivity index (χ4v) is 5.09. The van der Waals surface area contributed by atoms with E-state index in [1.165, 1.54) is 78.3 Å². The molecular weight excluding hydrogens is 448 g/mol. The molecule has 0 bridgehead atoms. The fraction of sp³-hybridized carbons (Fsp3) is 0.314. The van der Waals surface area contributed by atoms with Crippen LogP contribution in [-0.4, -0.2) is 0 Å². The molecule has 0 aromatic heterocycles. The molecule has 4 N–H and O–H groups in total.